The van der Waals surface area contributed by atoms with Crippen molar-refractivity contribution in [2.24, 2.45) is 0 Å². The van der Waals surface area contributed by atoms with Crippen molar-refractivity contribution >= 4 is 5.69 Å². The molecule has 0 atom stereocenters. The normalized spacial score (nSPS) is 10.5. The van der Waals surface area contributed by atoms with Crippen LogP contribution in [0.25, 0.3) is 0 Å². The molecule has 18 heavy (non-hydrogen) atoms. The first-order valence-electron chi connectivity index (χ1n) is 4.47. The van der Waals surface area contributed by atoms with Crippen molar-refractivity contribution in [3.05, 3.63) is 38.9 Å². The molecule has 8 heteroatoms. The van der Waals surface area contributed by atoms with Crippen molar-refractivity contribution in [3.63, 3.8) is 0 Å². The lowest BCUT2D eigenvalue weighted by Gasteiger charge is -2.10. The summed E-state index contributed by atoms with van der Waals surface area (Å²) in [5.41, 5.74) is -3.52. The summed E-state index contributed by atoms with van der Waals surface area (Å²) < 4.78 is 37.8. The van der Waals surface area contributed by atoms with E-state index in [2.05, 4.69) is 0 Å². The van der Waals surface area contributed by atoms with Gasteiger partial charge in [0, 0.05) is 0 Å². The van der Waals surface area contributed by atoms with Gasteiger partial charge in [-0.25, -0.2) is 0 Å². The standard InChI is InChI=1S/C10H4F3N3O2/c11-10(12,13)8-2-1-6(5-15)7(3-4-14)9(8)16(17)18/h1-2H,3H2. The van der Waals surface area contributed by atoms with Gasteiger partial charge in [0.2, 0.25) is 0 Å². The van der Waals surface area contributed by atoms with Crippen LogP contribution in [0.1, 0.15) is 16.7 Å². The van der Waals surface area contributed by atoms with Crippen LogP contribution in [0, 0.1) is 32.8 Å². The Morgan fingerprint density at radius 2 is 1.94 bits per heavy atom. The summed E-state index contributed by atoms with van der Waals surface area (Å²) >= 11 is 0. The minimum Gasteiger partial charge on any atom is -0.258 e. The number of halogens is 3. The average molecular weight is 255 g/mol. The van der Waals surface area contributed by atoms with E-state index >= 15 is 0 Å². The summed E-state index contributed by atoms with van der Waals surface area (Å²) in [6.45, 7) is 0. The molecule has 1 aromatic rings. The molecule has 0 N–H and O–H groups in total. The molecule has 0 spiro atoms. The van der Waals surface area contributed by atoms with E-state index in [1.807, 2.05) is 0 Å². The van der Waals surface area contributed by atoms with Crippen LogP contribution in [0.15, 0.2) is 12.1 Å². The lowest BCUT2D eigenvalue weighted by molar-refractivity contribution is -0.388. The molecule has 0 aliphatic rings. The topological polar surface area (TPSA) is 90.7 Å². The Morgan fingerprint density at radius 3 is 2.33 bits per heavy atom. The number of nitro groups is 1. The molecule has 1 aromatic carbocycles. The molecule has 0 aliphatic heterocycles. The van der Waals surface area contributed by atoms with Gasteiger partial charge < -0.3 is 0 Å². The molecule has 0 saturated heterocycles. The number of nitro benzene ring substituents is 1. The molecule has 0 bridgehead atoms. The van der Waals surface area contributed by atoms with Crippen LogP contribution in [0.3, 0.4) is 0 Å². The second-order valence-electron chi connectivity index (χ2n) is 3.19. The van der Waals surface area contributed by atoms with Crippen LogP contribution >= 0.6 is 0 Å². The van der Waals surface area contributed by atoms with Gasteiger partial charge in [-0.1, -0.05) is 0 Å². The van der Waals surface area contributed by atoms with E-state index in [1.54, 1.807) is 0 Å². The molecule has 5 nitrogen and oxygen atoms in total. The molecular weight excluding hydrogens is 251 g/mol. The SMILES string of the molecule is N#CCc1c(C#N)ccc(C(F)(F)F)c1[N+](=O)[O-]. The fourth-order valence-electron chi connectivity index (χ4n) is 1.44. The molecule has 0 heterocycles. The highest BCUT2D eigenvalue weighted by molar-refractivity contribution is 5.57. The molecule has 0 saturated carbocycles. The molecule has 0 amide bonds. The van der Waals surface area contributed by atoms with E-state index in [9.17, 15) is 23.3 Å². The smallest absolute Gasteiger partial charge is 0.258 e. The third kappa shape index (κ3) is 2.38. The third-order valence-electron chi connectivity index (χ3n) is 2.15. The van der Waals surface area contributed by atoms with E-state index in [0.717, 1.165) is 6.07 Å². The summed E-state index contributed by atoms with van der Waals surface area (Å²) in [5, 5.41) is 27.9. The van der Waals surface area contributed by atoms with Crippen LogP contribution in [-0.4, -0.2) is 4.92 Å². The minimum absolute atomic E-state index is 0.309. The number of nitriles is 2. The van der Waals surface area contributed by atoms with E-state index in [-0.39, 0.29) is 5.56 Å². The maximum absolute atomic E-state index is 12.6. The van der Waals surface area contributed by atoms with E-state index in [0.29, 0.717) is 6.07 Å². The van der Waals surface area contributed by atoms with E-state index in [1.165, 1.54) is 12.1 Å². The van der Waals surface area contributed by atoms with Gasteiger partial charge >= 0.3 is 6.18 Å². The lowest BCUT2D eigenvalue weighted by atomic mass is 9.99. The molecule has 92 valence electrons. The Bertz CT molecular complexity index is 582. The number of hydrogen-bond acceptors (Lipinski definition) is 4. The number of hydrogen-bond donors (Lipinski definition) is 0. The van der Waals surface area contributed by atoms with Gasteiger partial charge in [-0.15, -0.1) is 0 Å². The molecular formula is C10H4F3N3O2. The van der Waals surface area contributed by atoms with E-state index in [4.69, 9.17) is 10.5 Å². The molecule has 0 aromatic heterocycles. The number of alkyl halides is 3. The van der Waals surface area contributed by atoms with Gasteiger partial charge in [0.25, 0.3) is 5.69 Å². The van der Waals surface area contributed by atoms with Gasteiger partial charge in [-0.2, -0.15) is 23.7 Å². The van der Waals surface area contributed by atoms with Gasteiger partial charge in [0.1, 0.15) is 5.56 Å². The Hall–Kier alpha value is -2.61. The predicted octanol–water partition coefficient (Wildman–Crippen LogP) is 2.55. The van der Waals surface area contributed by atoms with Crippen molar-refractivity contribution < 1.29 is 18.1 Å². The van der Waals surface area contributed by atoms with Crippen LogP contribution < -0.4 is 0 Å². The Balaban J connectivity index is 3.70. The highest BCUT2D eigenvalue weighted by Gasteiger charge is 2.40. The van der Waals surface area contributed by atoms with E-state index < -0.39 is 34.3 Å². The monoisotopic (exact) mass is 255 g/mol. The molecule has 0 fully saturated rings. The maximum atomic E-state index is 12.6. The summed E-state index contributed by atoms with van der Waals surface area (Å²) in [5.74, 6) is 0. The summed E-state index contributed by atoms with van der Waals surface area (Å²) in [6.07, 6.45) is -5.55. The van der Waals surface area contributed by atoms with Gasteiger partial charge in [0.15, 0.2) is 0 Å². The second-order valence-corrected chi connectivity index (χ2v) is 3.19. The molecule has 0 aliphatic carbocycles. The first kappa shape index (κ1) is 13.5. The number of nitrogens with zero attached hydrogens (tertiary/aromatic N) is 3. The fourth-order valence-corrected chi connectivity index (χ4v) is 1.44. The largest absolute Gasteiger partial charge is 0.423 e. The van der Waals surface area contributed by atoms with Crippen LogP contribution in [0.5, 0.6) is 0 Å². The quantitative estimate of drug-likeness (QED) is 0.599. The van der Waals surface area contributed by atoms with Crippen LogP contribution in [0.2, 0.25) is 0 Å². The summed E-state index contributed by atoms with van der Waals surface area (Å²) in [6, 6.07) is 4.33. The van der Waals surface area contributed by atoms with Crippen LogP contribution in [0.4, 0.5) is 18.9 Å². The fraction of sp³-hybridized carbons (Fsp3) is 0.200. The Labute approximate surface area is 98.8 Å². The van der Waals surface area contributed by atoms with Crippen molar-refractivity contribution in [3.8, 4) is 12.1 Å². The first-order valence-corrected chi connectivity index (χ1v) is 4.47. The second kappa shape index (κ2) is 4.72. The molecule has 1 rings (SSSR count). The highest BCUT2D eigenvalue weighted by atomic mass is 19.4. The van der Waals surface area contributed by atoms with Crippen molar-refractivity contribution in [1.29, 1.82) is 10.5 Å². The zero-order valence-electron chi connectivity index (χ0n) is 8.65. The maximum Gasteiger partial charge on any atom is 0.423 e. The third-order valence-corrected chi connectivity index (χ3v) is 2.15. The van der Waals surface area contributed by atoms with Crippen molar-refractivity contribution in [2.45, 2.75) is 12.6 Å². The summed E-state index contributed by atoms with van der Waals surface area (Å²) in [4.78, 5) is 9.49. The highest BCUT2D eigenvalue weighted by Crippen LogP contribution is 2.39. The zero-order valence-corrected chi connectivity index (χ0v) is 8.65. The lowest BCUT2D eigenvalue weighted by Crippen LogP contribution is -2.11. The Kier molecular flexibility index (Phi) is 3.53. The predicted molar refractivity (Wildman–Crippen MR) is 52.1 cm³/mol. The Morgan fingerprint density at radius 1 is 1.33 bits per heavy atom. The average Bonchev–Trinajstić information content (AvgIpc) is 2.27. The van der Waals surface area contributed by atoms with Gasteiger partial charge in [0.05, 0.1) is 34.6 Å². The molecule has 0 unspecified atom stereocenters. The minimum atomic E-state index is -4.92. The first-order chi connectivity index (χ1) is 8.32. The van der Waals surface area contributed by atoms with Gasteiger partial charge in [-0.05, 0) is 12.1 Å². The number of rotatable bonds is 2. The van der Waals surface area contributed by atoms with Crippen LogP contribution in [-0.2, 0) is 12.6 Å². The molecule has 0 radical (unpaired) electrons. The van der Waals surface area contributed by atoms with Crippen molar-refractivity contribution in [2.75, 3.05) is 0 Å². The number of benzene rings is 1. The zero-order chi connectivity index (χ0) is 13.9. The van der Waals surface area contributed by atoms with Crippen molar-refractivity contribution in [1.82, 2.24) is 0 Å². The summed E-state index contributed by atoms with van der Waals surface area (Å²) in [7, 11) is 0. The van der Waals surface area contributed by atoms with Gasteiger partial charge in [-0.3, -0.25) is 10.1 Å².